The number of fused-ring (bicyclic) bond motifs is 8. The van der Waals surface area contributed by atoms with Gasteiger partial charge in [0.2, 0.25) is 0 Å². The highest BCUT2D eigenvalue weighted by molar-refractivity contribution is 14.1. The SMILES string of the molecule is C/C=C\C=C(/CI)N1c2ccc(-c3ccc(N(C4=CCC5C(=C4)OC4=C5C=CCC4)c4ccc5c(c4)C(c4ccccc4)(c4ccccc4)c4ccccc4-5)cc3)cc2C2C=CC=CC21. The van der Waals surface area contributed by atoms with E-state index in [0.29, 0.717) is 5.92 Å². The second kappa shape index (κ2) is 16.4. The van der Waals surface area contributed by atoms with Crippen molar-refractivity contribution in [1.82, 2.24) is 0 Å². The fourth-order valence-electron chi connectivity index (χ4n) is 11.5. The van der Waals surface area contributed by atoms with E-state index in [9.17, 15) is 0 Å². The summed E-state index contributed by atoms with van der Waals surface area (Å²) >= 11 is 2.51. The Morgan fingerprint density at radius 3 is 2.28 bits per heavy atom. The highest BCUT2D eigenvalue weighted by atomic mass is 127. The van der Waals surface area contributed by atoms with Gasteiger partial charge in [0.05, 0.1) is 11.5 Å². The molecule has 6 aromatic carbocycles. The monoisotopic (exact) mass is 952 g/mol. The molecule has 0 saturated carbocycles. The van der Waals surface area contributed by atoms with Crippen molar-refractivity contribution in [3.8, 4) is 22.3 Å². The summed E-state index contributed by atoms with van der Waals surface area (Å²) < 4.78 is 7.63. The van der Waals surface area contributed by atoms with Gasteiger partial charge in [0.15, 0.2) is 0 Å². The van der Waals surface area contributed by atoms with Crippen LogP contribution >= 0.6 is 22.6 Å². The Morgan fingerprint density at radius 1 is 0.769 bits per heavy atom. The van der Waals surface area contributed by atoms with Crippen molar-refractivity contribution in [2.45, 2.75) is 43.6 Å². The normalized spacial score (nSPS) is 20.7. The Morgan fingerprint density at radius 2 is 1.49 bits per heavy atom. The first-order chi connectivity index (χ1) is 32.1. The molecule has 2 heterocycles. The number of alkyl halides is 1. The van der Waals surface area contributed by atoms with Crippen LogP contribution in [0.1, 0.15) is 59.9 Å². The molecular formula is C61H49IN2O. The first kappa shape index (κ1) is 39.9. The molecule has 3 unspecified atom stereocenters. The van der Waals surface area contributed by atoms with Crippen molar-refractivity contribution >= 4 is 39.7 Å². The molecular weight excluding hydrogens is 904 g/mol. The average molecular weight is 953 g/mol. The first-order valence-corrected chi connectivity index (χ1v) is 24.6. The van der Waals surface area contributed by atoms with E-state index in [1.54, 1.807) is 0 Å². The second-order valence-electron chi connectivity index (χ2n) is 17.8. The van der Waals surface area contributed by atoms with E-state index in [4.69, 9.17) is 4.74 Å². The lowest BCUT2D eigenvalue weighted by Gasteiger charge is -2.35. The lowest BCUT2D eigenvalue weighted by molar-refractivity contribution is 0.291. The van der Waals surface area contributed by atoms with Gasteiger partial charge in [-0.3, -0.25) is 0 Å². The quantitative estimate of drug-likeness (QED) is 0.0815. The summed E-state index contributed by atoms with van der Waals surface area (Å²) in [6, 6.07) is 55.0. The Hall–Kier alpha value is -6.63. The van der Waals surface area contributed by atoms with Crippen molar-refractivity contribution in [2.75, 3.05) is 14.2 Å². The molecule has 65 heavy (non-hydrogen) atoms. The fourth-order valence-corrected chi connectivity index (χ4v) is 12.1. The van der Waals surface area contributed by atoms with Crippen LogP contribution < -0.4 is 9.80 Å². The van der Waals surface area contributed by atoms with Crippen LogP contribution in [0.3, 0.4) is 0 Å². The largest absolute Gasteiger partial charge is 0.465 e. The molecule has 0 saturated heterocycles. The summed E-state index contributed by atoms with van der Waals surface area (Å²) in [6.45, 7) is 2.08. The molecule has 3 atom stereocenters. The predicted octanol–water partition coefficient (Wildman–Crippen LogP) is 15.6. The van der Waals surface area contributed by atoms with Crippen LogP contribution in [-0.2, 0) is 10.2 Å². The van der Waals surface area contributed by atoms with Crippen LogP contribution in [-0.4, -0.2) is 10.5 Å². The van der Waals surface area contributed by atoms with Crippen LogP contribution in [0.4, 0.5) is 17.1 Å². The van der Waals surface area contributed by atoms with Gasteiger partial charge in [-0.25, -0.2) is 0 Å². The number of hydrogen-bond acceptors (Lipinski definition) is 3. The highest BCUT2D eigenvalue weighted by Gasteiger charge is 2.46. The number of anilines is 3. The van der Waals surface area contributed by atoms with Crippen molar-refractivity contribution in [3.05, 3.63) is 269 Å². The van der Waals surface area contributed by atoms with E-state index in [1.807, 2.05) is 0 Å². The number of benzene rings is 6. The smallest absolute Gasteiger partial charge is 0.114 e. The topological polar surface area (TPSA) is 15.7 Å². The van der Waals surface area contributed by atoms with Crippen molar-refractivity contribution in [1.29, 1.82) is 0 Å². The maximum atomic E-state index is 6.69. The van der Waals surface area contributed by atoms with Gasteiger partial charge >= 0.3 is 0 Å². The van der Waals surface area contributed by atoms with Crippen LogP contribution in [0.15, 0.2) is 241 Å². The third-order valence-corrected chi connectivity index (χ3v) is 15.1. The molecule has 0 radical (unpaired) electrons. The number of allylic oxidation sites excluding steroid dienone is 12. The molecule has 0 aromatic heterocycles. The van der Waals surface area contributed by atoms with E-state index >= 15 is 0 Å². The van der Waals surface area contributed by atoms with Gasteiger partial charge in [-0.1, -0.05) is 186 Å². The first-order valence-electron chi connectivity index (χ1n) is 23.1. The molecule has 4 heteroatoms. The summed E-state index contributed by atoms with van der Waals surface area (Å²) in [5, 5.41) is 0. The summed E-state index contributed by atoms with van der Waals surface area (Å²) in [4.78, 5) is 5.00. The molecule has 0 fully saturated rings. The van der Waals surface area contributed by atoms with Crippen molar-refractivity contribution in [3.63, 3.8) is 0 Å². The van der Waals surface area contributed by atoms with Crippen LogP contribution in [0, 0.1) is 5.92 Å². The van der Waals surface area contributed by atoms with E-state index in [1.165, 1.54) is 67.0 Å². The molecule has 4 aliphatic carbocycles. The predicted molar refractivity (Wildman–Crippen MR) is 278 cm³/mol. The fraction of sp³-hybridized carbons (Fsp3) is 0.148. The highest BCUT2D eigenvalue weighted by Crippen LogP contribution is 2.57. The Bertz CT molecular complexity index is 3070. The number of ether oxygens (including phenoxy) is 1. The average Bonchev–Trinajstić information content (AvgIpc) is 4.01. The second-order valence-corrected chi connectivity index (χ2v) is 18.5. The molecule has 0 amide bonds. The zero-order valence-corrected chi connectivity index (χ0v) is 38.6. The Balaban J connectivity index is 0.983. The molecule has 2 aliphatic heterocycles. The zero-order chi connectivity index (χ0) is 43.5. The summed E-state index contributed by atoms with van der Waals surface area (Å²) in [5.74, 6) is 2.77. The van der Waals surface area contributed by atoms with Crippen LogP contribution in [0.5, 0.6) is 0 Å². The molecule has 0 N–H and O–H groups in total. The standard InChI is InChI=1S/C61H49IN2O/c1-2-3-20-48(40-62)64-57-25-14-11-22-51(57)54-37-42(29-36-58(54)64)41-27-30-45(31-28-41)63(47-33-35-53-52-23-12-15-26-59(52)65-60(53)39-47)46-32-34-50-49-21-10-13-24-55(49)61(56(50)38-46,43-16-6-4-7-17-43)44-18-8-5-9-19-44/h2-14,16-25,27-34,36-39,51,53,57H,15,26,35,40H2,1H3/b3-2-,48-20+. The molecule has 12 rings (SSSR count). The van der Waals surface area contributed by atoms with Gasteiger partial charge in [0.25, 0.3) is 0 Å². The molecule has 6 aromatic rings. The summed E-state index contributed by atoms with van der Waals surface area (Å²) in [6.07, 6.45) is 27.9. The zero-order valence-electron chi connectivity index (χ0n) is 36.4. The van der Waals surface area contributed by atoms with Gasteiger partial charge in [-0.15, -0.1) is 0 Å². The minimum absolute atomic E-state index is 0.268. The summed E-state index contributed by atoms with van der Waals surface area (Å²) in [7, 11) is 0. The van der Waals surface area contributed by atoms with E-state index in [2.05, 4.69) is 252 Å². The lowest BCUT2D eigenvalue weighted by Crippen LogP contribution is -2.32. The van der Waals surface area contributed by atoms with Crippen molar-refractivity contribution < 1.29 is 4.74 Å². The molecule has 3 nitrogen and oxygen atoms in total. The van der Waals surface area contributed by atoms with Crippen LogP contribution in [0.2, 0.25) is 0 Å². The Labute approximate surface area is 396 Å². The molecule has 0 spiro atoms. The van der Waals surface area contributed by atoms with Gasteiger partial charge < -0.3 is 14.5 Å². The number of halogens is 1. The van der Waals surface area contributed by atoms with Gasteiger partial charge in [0.1, 0.15) is 11.5 Å². The maximum Gasteiger partial charge on any atom is 0.114 e. The van der Waals surface area contributed by atoms with Gasteiger partial charge in [-0.05, 0) is 112 Å². The number of rotatable bonds is 9. The van der Waals surface area contributed by atoms with E-state index in [0.717, 1.165) is 52.3 Å². The minimum Gasteiger partial charge on any atom is -0.465 e. The van der Waals surface area contributed by atoms with E-state index in [-0.39, 0.29) is 12.0 Å². The minimum atomic E-state index is -0.500. The number of hydrogen-bond donors (Lipinski definition) is 0. The van der Waals surface area contributed by atoms with E-state index < -0.39 is 5.41 Å². The summed E-state index contributed by atoms with van der Waals surface area (Å²) in [5.41, 5.74) is 18.3. The molecule has 0 bridgehead atoms. The Kier molecular flexibility index (Phi) is 10.1. The third-order valence-electron chi connectivity index (χ3n) is 14.4. The van der Waals surface area contributed by atoms with Gasteiger partial charge in [-0.2, -0.15) is 0 Å². The van der Waals surface area contributed by atoms with Crippen LogP contribution in [0.25, 0.3) is 22.3 Å². The third kappa shape index (κ3) is 6.43. The lowest BCUT2D eigenvalue weighted by atomic mass is 9.67. The molecule has 316 valence electrons. The number of nitrogens with zero attached hydrogens (tertiary/aromatic N) is 2. The van der Waals surface area contributed by atoms with Gasteiger partial charge in [0, 0.05) is 62.8 Å². The maximum absolute atomic E-state index is 6.69. The molecule has 6 aliphatic rings. The van der Waals surface area contributed by atoms with Crippen molar-refractivity contribution in [2.24, 2.45) is 5.92 Å².